The molecular formula is C15H10F3NO. The van der Waals surface area contributed by atoms with E-state index in [-0.39, 0.29) is 16.9 Å². The number of hydrogen-bond acceptors (Lipinski definition) is 2. The summed E-state index contributed by atoms with van der Waals surface area (Å²) in [7, 11) is 0. The van der Waals surface area contributed by atoms with Gasteiger partial charge in [0.1, 0.15) is 40.9 Å². The van der Waals surface area contributed by atoms with Gasteiger partial charge in [0.2, 0.25) is 0 Å². The molecule has 2 rings (SSSR count). The van der Waals surface area contributed by atoms with Gasteiger partial charge in [0, 0.05) is 6.07 Å². The van der Waals surface area contributed by atoms with Gasteiger partial charge in [0.05, 0.1) is 0 Å². The number of benzene rings is 2. The molecule has 0 spiro atoms. The van der Waals surface area contributed by atoms with Crippen LogP contribution in [-0.2, 0) is 0 Å². The Morgan fingerprint density at radius 3 is 2.35 bits per heavy atom. The van der Waals surface area contributed by atoms with Crippen molar-refractivity contribution in [3.63, 3.8) is 0 Å². The molecule has 0 saturated carbocycles. The van der Waals surface area contributed by atoms with Crippen LogP contribution in [0.15, 0.2) is 36.4 Å². The van der Waals surface area contributed by atoms with Gasteiger partial charge in [-0.05, 0) is 36.8 Å². The second-order valence-corrected chi connectivity index (χ2v) is 4.19. The predicted molar refractivity (Wildman–Crippen MR) is 66.5 cm³/mol. The third kappa shape index (κ3) is 2.91. The lowest BCUT2D eigenvalue weighted by molar-refractivity contribution is 0.224. The summed E-state index contributed by atoms with van der Waals surface area (Å²) in [5.74, 6) is -2.13. The van der Waals surface area contributed by atoms with Crippen LogP contribution in [0.2, 0.25) is 0 Å². The second-order valence-electron chi connectivity index (χ2n) is 4.19. The monoisotopic (exact) mass is 277 g/mol. The zero-order valence-corrected chi connectivity index (χ0v) is 10.5. The van der Waals surface area contributed by atoms with Gasteiger partial charge in [0.15, 0.2) is 0 Å². The minimum Gasteiger partial charge on any atom is -0.485 e. The Bertz CT molecular complexity index is 659. The van der Waals surface area contributed by atoms with Crippen molar-refractivity contribution < 1.29 is 17.9 Å². The first-order valence-corrected chi connectivity index (χ1v) is 5.82. The molecule has 0 bridgehead atoms. The van der Waals surface area contributed by atoms with Gasteiger partial charge in [-0.3, -0.25) is 0 Å². The quantitative estimate of drug-likeness (QED) is 0.845. The maximum Gasteiger partial charge on any atom is 0.144 e. The van der Waals surface area contributed by atoms with Crippen LogP contribution in [-0.4, -0.2) is 0 Å². The Morgan fingerprint density at radius 1 is 1.10 bits per heavy atom. The normalized spacial score (nSPS) is 11.8. The van der Waals surface area contributed by atoms with E-state index in [9.17, 15) is 13.2 Å². The van der Waals surface area contributed by atoms with E-state index in [1.807, 2.05) is 0 Å². The third-order valence-corrected chi connectivity index (χ3v) is 2.75. The summed E-state index contributed by atoms with van der Waals surface area (Å²) < 4.78 is 45.1. The van der Waals surface area contributed by atoms with Gasteiger partial charge in [-0.15, -0.1) is 0 Å². The Morgan fingerprint density at radius 2 is 1.75 bits per heavy atom. The fourth-order valence-electron chi connectivity index (χ4n) is 1.78. The molecule has 20 heavy (non-hydrogen) atoms. The number of halogens is 3. The van der Waals surface area contributed by atoms with Crippen molar-refractivity contribution in [2.24, 2.45) is 0 Å². The molecule has 0 amide bonds. The molecule has 2 aromatic carbocycles. The van der Waals surface area contributed by atoms with Crippen LogP contribution in [0.25, 0.3) is 0 Å². The van der Waals surface area contributed by atoms with Gasteiger partial charge < -0.3 is 4.74 Å². The number of hydrogen-bond donors (Lipinski definition) is 0. The lowest BCUT2D eigenvalue weighted by Crippen LogP contribution is -2.06. The molecule has 2 aromatic rings. The Balaban J connectivity index is 2.30. The van der Waals surface area contributed by atoms with E-state index >= 15 is 0 Å². The van der Waals surface area contributed by atoms with Crippen LogP contribution >= 0.6 is 0 Å². The zero-order chi connectivity index (χ0) is 14.7. The van der Waals surface area contributed by atoms with Crippen molar-refractivity contribution in [2.75, 3.05) is 0 Å². The van der Waals surface area contributed by atoms with Crippen LogP contribution in [0.4, 0.5) is 13.2 Å². The van der Waals surface area contributed by atoms with E-state index < -0.39 is 23.6 Å². The van der Waals surface area contributed by atoms with Gasteiger partial charge in [-0.25, -0.2) is 13.2 Å². The summed E-state index contributed by atoms with van der Waals surface area (Å²) in [5, 5.41) is 8.88. The highest BCUT2D eigenvalue weighted by Gasteiger charge is 2.14. The van der Waals surface area contributed by atoms with Crippen molar-refractivity contribution in [3.05, 3.63) is 65.0 Å². The number of nitrogens with zero attached hydrogens (tertiary/aromatic N) is 1. The first kappa shape index (κ1) is 13.9. The minimum absolute atomic E-state index is 0.0321. The zero-order valence-electron chi connectivity index (χ0n) is 10.5. The predicted octanol–water partition coefficient (Wildman–Crippen LogP) is 4.12. The van der Waals surface area contributed by atoms with Crippen LogP contribution in [0.1, 0.15) is 24.2 Å². The SMILES string of the molecule is CC(Oc1cccc(F)c1C#N)c1cc(F)cc(F)c1. The molecule has 0 aliphatic rings. The molecule has 1 atom stereocenters. The van der Waals surface area contributed by atoms with E-state index in [0.717, 1.165) is 24.3 Å². The average Bonchev–Trinajstić information content (AvgIpc) is 2.37. The van der Waals surface area contributed by atoms with Crippen molar-refractivity contribution in [3.8, 4) is 11.8 Å². The lowest BCUT2D eigenvalue weighted by atomic mass is 10.1. The van der Waals surface area contributed by atoms with Gasteiger partial charge in [-0.1, -0.05) is 6.07 Å². The Kier molecular flexibility index (Phi) is 3.94. The molecule has 0 heterocycles. The van der Waals surface area contributed by atoms with Gasteiger partial charge >= 0.3 is 0 Å². The summed E-state index contributed by atoms with van der Waals surface area (Å²) in [4.78, 5) is 0. The largest absolute Gasteiger partial charge is 0.485 e. The average molecular weight is 277 g/mol. The smallest absolute Gasteiger partial charge is 0.144 e. The molecule has 1 unspecified atom stereocenters. The van der Waals surface area contributed by atoms with E-state index in [1.165, 1.54) is 12.1 Å². The van der Waals surface area contributed by atoms with E-state index in [1.54, 1.807) is 13.0 Å². The van der Waals surface area contributed by atoms with E-state index in [2.05, 4.69) is 0 Å². The highest BCUT2D eigenvalue weighted by Crippen LogP contribution is 2.27. The number of nitriles is 1. The highest BCUT2D eigenvalue weighted by atomic mass is 19.1. The van der Waals surface area contributed by atoms with E-state index in [0.29, 0.717) is 0 Å². The molecule has 0 radical (unpaired) electrons. The molecule has 0 fully saturated rings. The molecule has 0 aliphatic heterocycles. The van der Waals surface area contributed by atoms with Crippen molar-refractivity contribution in [1.82, 2.24) is 0 Å². The van der Waals surface area contributed by atoms with Crippen LogP contribution in [0, 0.1) is 28.8 Å². The second kappa shape index (κ2) is 5.66. The molecule has 102 valence electrons. The molecule has 0 aromatic heterocycles. The molecule has 0 saturated heterocycles. The van der Waals surface area contributed by atoms with Crippen molar-refractivity contribution >= 4 is 0 Å². The summed E-state index contributed by atoms with van der Waals surface area (Å²) in [6.45, 7) is 1.56. The maximum atomic E-state index is 13.4. The fourth-order valence-corrected chi connectivity index (χ4v) is 1.78. The third-order valence-electron chi connectivity index (χ3n) is 2.75. The summed E-state index contributed by atoms with van der Waals surface area (Å²) >= 11 is 0. The summed E-state index contributed by atoms with van der Waals surface area (Å²) in [6, 6.07) is 8.65. The van der Waals surface area contributed by atoms with Crippen LogP contribution < -0.4 is 4.74 Å². The molecular weight excluding hydrogens is 267 g/mol. The van der Waals surface area contributed by atoms with Crippen LogP contribution in [0.5, 0.6) is 5.75 Å². The van der Waals surface area contributed by atoms with Gasteiger partial charge in [-0.2, -0.15) is 5.26 Å². The maximum absolute atomic E-state index is 13.4. The van der Waals surface area contributed by atoms with E-state index in [4.69, 9.17) is 10.00 Å². The fraction of sp³-hybridized carbons (Fsp3) is 0.133. The number of ether oxygens (including phenoxy) is 1. The van der Waals surface area contributed by atoms with Crippen molar-refractivity contribution in [1.29, 1.82) is 5.26 Å². The minimum atomic E-state index is -0.728. The Hall–Kier alpha value is -2.48. The first-order chi connectivity index (χ1) is 9.51. The molecule has 0 N–H and O–H groups in total. The number of rotatable bonds is 3. The standard InChI is InChI=1S/C15H10F3NO/c1-9(10-5-11(16)7-12(17)6-10)20-15-4-2-3-14(18)13(15)8-19/h2-7,9H,1H3. The molecule has 0 aliphatic carbocycles. The highest BCUT2D eigenvalue weighted by molar-refractivity contribution is 5.44. The first-order valence-electron chi connectivity index (χ1n) is 5.82. The van der Waals surface area contributed by atoms with Gasteiger partial charge in [0.25, 0.3) is 0 Å². The lowest BCUT2D eigenvalue weighted by Gasteiger charge is -2.16. The molecule has 2 nitrogen and oxygen atoms in total. The summed E-state index contributed by atoms with van der Waals surface area (Å²) in [6.07, 6.45) is -0.728. The topological polar surface area (TPSA) is 33.0 Å². The summed E-state index contributed by atoms with van der Waals surface area (Å²) in [5.41, 5.74) is 0.0203. The van der Waals surface area contributed by atoms with Crippen LogP contribution in [0.3, 0.4) is 0 Å². The molecule has 5 heteroatoms. The Labute approximate surface area is 114 Å². The van der Waals surface area contributed by atoms with Crippen molar-refractivity contribution in [2.45, 2.75) is 13.0 Å².